The van der Waals surface area contributed by atoms with E-state index in [1.165, 1.54) is 16.0 Å². The summed E-state index contributed by atoms with van der Waals surface area (Å²) in [4.78, 5) is 4.09. The Morgan fingerprint density at radius 1 is 1.67 bits per heavy atom. The van der Waals surface area contributed by atoms with E-state index in [1.807, 2.05) is 11.4 Å². The van der Waals surface area contributed by atoms with Crippen molar-refractivity contribution >= 4 is 11.3 Å². The van der Waals surface area contributed by atoms with E-state index in [0.717, 1.165) is 0 Å². The number of hydrogen-bond donors (Lipinski definition) is 0. The number of hydrogen-bond acceptors (Lipinski definition) is 6. The quantitative estimate of drug-likeness (QED) is 0.764. The number of rotatable bonds is 3. The first-order valence-electron chi connectivity index (χ1n) is 4.10. The van der Waals surface area contributed by atoms with E-state index in [1.54, 1.807) is 13.3 Å². The van der Waals surface area contributed by atoms with Crippen LogP contribution in [0.25, 0.3) is 5.13 Å². The average Bonchev–Trinajstić information content (AvgIpc) is 2.85. The fraction of sp³-hybridized carbons (Fsp3) is 0.250. The van der Waals surface area contributed by atoms with Crippen LogP contribution in [0.3, 0.4) is 0 Å². The molecule has 2 rings (SSSR count). The van der Waals surface area contributed by atoms with Gasteiger partial charge in [0, 0.05) is 18.7 Å². The second kappa shape index (κ2) is 4.16. The molecule has 2 aromatic heterocycles. The van der Waals surface area contributed by atoms with Crippen LogP contribution >= 0.6 is 11.3 Å². The summed E-state index contributed by atoms with van der Waals surface area (Å²) < 4.78 is 6.51. The Hall–Kier alpha value is -1.78. The van der Waals surface area contributed by atoms with Gasteiger partial charge in [0.25, 0.3) is 0 Å². The van der Waals surface area contributed by atoms with Gasteiger partial charge in [-0.1, -0.05) is 5.21 Å². The van der Waals surface area contributed by atoms with Crippen LogP contribution in [0.15, 0.2) is 11.6 Å². The Morgan fingerprint density at radius 3 is 3.13 bits per heavy atom. The van der Waals surface area contributed by atoms with Gasteiger partial charge < -0.3 is 4.74 Å². The molecule has 0 aromatic carbocycles. The van der Waals surface area contributed by atoms with Crippen molar-refractivity contribution in [1.29, 1.82) is 5.26 Å². The molecule has 2 heterocycles. The van der Waals surface area contributed by atoms with Crippen LogP contribution in [0, 0.1) is 11.3 Å². The topological polar surface area (TPSA) is 76.6 Å². The first-order chi connectivity index (χ1) is 7.36. The van der Waals surface area contributed by atoms with Crippen LogP contribution in [0.5, 0.6) is 0 Å². The molecule has 0 aliphatic carbocycles. The molecule has 0 aliphatic heterocycles. The second-order valence-corrected chi connectivity index (χ2v) is 3.53. The molecule has 0 atom stereocenters. The van der Waals surface area contributed by atoms with Gasteiger partial charge in [-0.05, 0) is 0 Å². The molecule has 0 fully saturated rings. The first kappa shape index (κ1) is 9.76. The number of aromatic nitrogens is 4. The molecule has 6 nitrogen and oxygen atoms in total. The maximum absolute atomic E-state index is 8.82. The number of nitriles is 1. The molecule has 0 radical (unpaired) electrons. The van der Waals surface area contributed by atoms with Gasteiger partial charge in [0.15, 0.2) is 5.69 Å². The molecule has 0 bridgehead atoms. The number of ether oxygens (including phenoxy) is 1. The van der Waals surface area contributed by atoms with Gasteiger partial charge in [-0.3, -0.25) is 0 Å². The van der Waals surface area contributed by atoms with Gasteiger partial charge in [-0.2, -0.15) is 9.94 Å². The minimum absolute atomic E-state index is 0.270. The Bertz CT molecular complexity index is 484. The van der Waals surface area contributed by atoms with Gasteiger partial charge in [0.2, 0.25) is 5.13 Å². The van der Waals surface area contributed by atoms with E-state index in [0.29, 0.717) is 10.8 Å². The summed E-state index contributed by atoms with van der Waals surface area (Å²) in [7, 11) is 1.56. The minimum Gasteiger partial charge on any atom is -0.378 e. The molecule has 0 saturated carbocycles. The van der Waals surface area contributed by atoms with E-state index in [4.69, 9.17) is 10.00 Å². The lowest BCUT2D eigenvalue weighted by atomic mass is 10.3. The van der Waals surface area contributed by atoms with Crippen LogP contribution in [-0.2, 0) is 11.3 Å². The molecule has 0 saturated heterocycles. The van der Waals surface area contributed by atoms with Crippen LogP contribution in [0.1, 0.15) is 11.4 Å². The van der Waals surface area contributed by atoms with E-state index < -0.39 is 0 Å². The number of methoxy groups -OCH3 is 1. The van der Waals surface area contributed by atoms with E-state index >= 15 is 0 Å². The summed E-state index contributed by atoms with van der Waals surface area (Å²) in [6, 6.07) is 1.97. The normalized spacial score (nSPS) is 10.1. The fourth-order valence-electron chi connectivity index (χ4n) is 1.13. The lowest BCUT2D eigenvalue weighted by molar-refractivity contribution is 0.179. The summed E-state index contributed by atoms with van der Waals surface area (Å²) in [5, 5.41) is 18.9. The van der Waals surface area contributed by atoms with Crippen molar-refractivity contribution in [2.24, 2.45) is 0 Å². The lowest BCUT2D eigenvalue weighted by Gasteiger charge is -2.00. The molecule has 0 amide bonds. The van der Waals surface area contributed by atoms with Crippen molar-refractivity contribution in [3.63, 3.8) is 0 Å². The Labute approximate surface area is 89.7 Å². The summed E-state index contributed by atoms with van der Waals surface area (Å²) in [6.45, 7) is 0.287. The molecule has 2 aromatic rings. The van der Waals surface area contributed by atoms with Crippen molar-refractivity contribution < 1.29 is 4.74 Å². The zero-order valence-electron chi connectivity index (χ0n) is 7.91. The highest BCUT2D eigenvalue weighted by molar-refractivity contribution is 7.12. The molecule has 15 heavy (non-hydrogen) atoms. The summed E-state index contributed by atoms with van der Waals surface area (Å²) in [6.07, 6.45) is 1.67. The van der Waals surface area contributed by atoms with Crippen LogP contribution in [0.4, 0.5) is 0 Å². The van der Waals surface area contributed by atoms with Gasteiger partial charge in [0.1, 0.15) is 11.8 Å². The predicted octanol–water partition coefficient (Wildman–Crippen LogP) is 0.742. The summed E-state index contributed by atoms with van der Waals surface area (Å²) in [5.74, 6) is 0. The molecular formula is C8H7N5OS. The van der Waals surface area contributed by atoms with Gasteiger partial charge in [-0.25, -0.2) is 4.98 Å². The molecule has 0 spiro atoms. The third kappa shape index (κ3) is 1.72. The molecule has 7 heteroatoms. The van der Waals surface area contributed by atoms with Gasteiger partial charge >= 0.3 is 0 Å². The summed E-state index contributed by atoms with van der Waals surface area (Å²) in [5.41, 5.74) is 0.891. The van der Waals surface area contributed by atoms with Crippen LogP contribution < -0.4 is 0 Å². The Morgan fingerprint density at radius 2 is 2.53 bits per heavy atom. The van der Waals surface area contributed by atoms with Crippen molar-refractivity contribution in [3.8, 4) is 11.2 Å². The first-order valence-corrected chi connectivity index (χ1v) is 4.98. The van der Waals surface area contributed by atoms with Crippen molar-refractivity contribution in [2.75, 3.05) is 7.11 Å². The van der Waals surface area contributed by atoms with Crippen LogP contribution in [0.2, 0.25) is 0 Å². The molecule has 0 unspecified atom stereocenters. The average molecular weight is 221 g/mol. The zero-order chi connectivity index (χ0) is 10.7. The zero-order valence-corrected chi connectivity index (χ0v) is 8.73. The Kier molecular flexibility index (Phi) is 2.71. The SMILES string of the molecule is COCc1c(C#N)nnn1-c1nccs1. The molecule has 76 valence electrons. The standard InChI is InChI=1S/C8H7N5OS/c1-14-5-7-6(4-9)11-12-13(7)8-10-2-3-15-8/h2-3H,5H2,1H3. The maximum atomic E-state index is 8.82. The van der Waals surface area contributed by atoms with Crippen molar-refractivity contribution in [2.45, 2.75) is 6.61 Å². The molecule has 0 aliphatic rings. The largest absolute Gasteiger partial charge is 0.378 e. The van der Waals surface area contributed by atoms with E-state index in [2.05, 4.69) is 15.3 Å². The number of nitrogens with zero attached hydrogens (tertiary/aromatic N) is 5. The fourth-order valence-corrected chi connectivity index (χ4v) is 1.74. The molecular weight excluding hydrogens is 214 g/mol. The lowest BCUT2D eigenvalue weighted by Crippen LogP contribution is -2.03. The highest BCUT2D eigenvalue weighted by atomic mass is 32.1. The second-order valence-electron chi connectivity index (χ2n) is 2.66. The Balaban J connectivity index is 2.49. The van der Waals surface area contributed by atoms with Crippen molar-refractivity contribution in [1.82, 2.24) is 20.0 Å². The van der Waals surface area contributed by atoms with Crippen molar-refractivity contribution in [3.05, 3.63) is 23.0 Å². The monoisotopic (exact) mass is 221 g/mol. The van der Waals surface area contributed by atoms with E-state index in [-0.39, 0.29) is 12.3 Å². The predicted molar refractivity (Wildman–Crippen MR) is 52.5 cm³/mol. The van der Waals surface area contributed by atoms with E-state index in [9.17, 15) is 0 Å². The number of thiazole rings is 1. The third-order valence-corrected chi connectivity index (χ3v) is 2.50. The highest BCUT2D eigenvalue weighted by Gasteiger charge is 2.14. The van der Waals surface area contributed by atoms with Gasteiger partial charge in [-0.15, -0.1) is 16.4 Å². The summed E-state index contributed by atoms with van der Waals surface area (Å²) >= 11 is 1.42. The highest BCUT2D eigenvalue weighted by Crippen LogP contribution is 2.15. The minimum atomic E-state index is 0.270. The van der Waals surface area contributed by atoms with Crippen LogP contribution in [-0.4, -0.2) is 27.1 Å². The van der Waals surface area contributed by atoms with Gasteiger partial charge in [0.05, 0.1) is 6.61 Å². The smallest absolute Gasteiger partial charge is 0.212 e. The maximum Gasteiger partial charge on any atom is 0.212 e. The third-order valence-electron chi connectivity index (χ3n) is 1.75. The molecule has 0 N–H and O–H groups in total.